The van der Waals surface area contributed by atoms with Gasteiger partial charge in [-0.05, 0) is 42.5 Å². The molecule has 122 valence electrons. The zero-order valence-electron chi connectivity index (χ0n) is 14.1. The monoisotopic (exact) mass is 311 g/mol. The maximum absolute atomic E-state index is 12.0. The van der Waals surface area contributed by atoms with Gasteiger partial charge in [0.15, 0.2) is 6.61 Å². The maximum Gasteiger partial charge on any atom is 0.258 e. The molecule has 2 aromatic rings. The summed E-state index contributed by atoms with van der Waals surface area (Å²) in [7, 11) is 0. The van der Waals surface area contributed by atoms with Crippen molar-refractivity contribution in [2.45, 2.75) is 39.2 Å². The molecule has 0 aliphatic rings. The van der Waals surface area contributed by atoms with Crippen LogP contribution in [0, 0.1) is 0 Å². The molecule has 1 amide bonds. The third-order valence-corrected chi connectivity index (χ3v) is 4.11. The van der Waals surface area contributed by atoms with Crippen molar-refractivity contribution in [1.82, 2.24) is 5.32 Å². The molecule has 23 heavy (non-hydrogen) atoms. The van der Waals surface area contributed by atoms with Gasteiger partial charge in [-0.3, -0.25) is 4.79 Å². The first-order valence-electron chi connectivity index (χ1n) is 8.17. The van der Waals surface area contributed by atoms with Crippen LogP contribution in [0.3, 0.4) is 0 Å². The van der Waals surface area contributed by atoms with E-state index in [0.717, 1.165) is 17.7 Å². The Kier molecular flexibility index (Phi) is 6.21. The molecule has 1 N–H and O–H groups in total. The third-order valence-electron chi connectivity index (χ3n) is 4.11. The molecular weight excluding hydrogens is 286 g/mol. The summed E-state index contributed by atoms with van der Waals surface area (Å²) in [5.74, 6) is 1.14. The second-order valence-electron chi connectivity index (χ2n) is 5.87. The number of benzene rings is 2. The molecule has 2 rings (SSSR count). The summed E-state index contributed by atoms with van der Waals surface area (Å²) in [5.41, 5.74) is 2.38. The van der Waals surface area contributed by atoms with E-state index in [-0.39, 0.29) is 18.6 Å². The van der Waals surface area contributed by atoms with Crippen molar-refractivity contribution in [2.24, 2.45) is 0 Å². The van der Waals surface area contributed by atoms with E-state index >= 15 is 0 Å². The van der Waals surface area contributed by atoms with Gasteiger partial charge in [-0.15, -0.1) is 0 Å². The van der Waals surface area contributed by atoms with Crippen LogP contribution in [0.25, 0.3) is 0 Å². The molecule has 3 heteroatoms. The molecule has 2 atom stereocenters. The molecule has 2 aromatic carbocycles. The summed E-state index contributed by atoms with van der Waals surface area (Å²) in [6.45, 7) is 6.37. The summed E-state index contributed by atoms with van der Waals surface area (Å²) >= 11 is 0. The number of carbonyl (C=O) groups is 1. The average molecular weight is 311 g/mol. The Labute approximate surface area is 138 Å². The minimum Gasteiger partial charge on any atom is -0.484 e. The molecule has 0 aliphatic carbocycles. The van der Waals surface area contributed by atoms with Crippen LogP contribution < -0.4 is 10.1 Å². The summed E-state index contributed by atoms with van der Waals surface area (Å²) in [5, 5.41) is 2.94. The standard InChI is InChI=1S/C20H25NO2/c1-4-15(2)17-10-12-19(13-11-17)23-14-20(22)21-16(3)18-8-6-5-7-9-18/h5-13,15-16H,4,14H2,1-3H3,(H,21,22)/t15-,16-/m1/s1. The first-order chi connectivity index (χ1) is 11.1. The Morgan fingerprint density at radius 2 is 1.65 bits per heavy atom. The van der Waals surface area contributed by atoms with Gasteiger partial charge in [0, 0.05) is 0 Å². The first kappa shape index (κ1) is 17.1. The van der Waals surface area contributed by atoms with E-state index in [1.807, 2.05) is 49.4 Å². The van der Waals surface area contributed by atoms with Gasteiger partial charge in [-0.1, -0.05) is 56.3 Å². The molecule has 0 aliphatic heterocycles. The lowest BCUT2D eigenvalue weighted by molar-refractivity contribution is -0.123. The summed E-state index contributed by atoms with van der Waals surface area (Å²) < 4.78 is 5.56. The zero-order valence-corrected chi connectivity index (χ0v) is 14.1. The van der Waals surface area contributed by atoms with Crippen LogP contribution in [0.15, 0.2) is 54.6 Å². The topological polar surface area (TPSA) is 38.3 Å². The number of hydrogen-bond donors (Lipinski definition) is 1. The van der Waals surface area contributed by atoms with Gasteiger partial charge in [0.05, 0.1) is 6.04 Å². The maximum atomic E-state index is 12.0. The Balaban J connectivity index is 1.82. The van der Waals surface area contributed by atoms with Crippen LogP contribution in [-0.2, 0) is 4.79 Å². The average Bonchev–Trinajstić information content (AvgIpc) is 2.60. The fraction of sp³-hybridized carbons (Fsp3) is 0.350. The highest BCUT2D eigenvalue weighted by Crippen LogP contribution is 2.21. The van der Waals surface area contributed by atoms with E-state index in [2.05, 4.69) is 31.3 Å². The fourth-order valence-electron chi connectivity index (χ4n) is 2.39. The normalized spacial score (nSPS) is 13.2. The molecule has 0 radical (unpaired) electrons. The van der Waals surface area contributed by atoms with Crippen molar-refractivity contribution >= 4 is 5.91 Å². The Bertz CT molecular complexity index is 607. The van der Waals surface area contributed by atoms with Gasteiger partial charge in [-0.2, -0.15) is 0 Å². The lowest BCUT2D eigenvalue weighted by Crippen LogP contribution is -2.31. The molecule has 0 bridgehead atoms. The van der Waals surface area contributed by atoms with Gasteiger partial charge in [0.25, 0.3) is 5.91 Å². The van der Waals surface area contributed by atoms with Crippen LogP contribution in [-0.4, -0.2) is 12.5 Å². The van der Waals surface area contributed by atoms with E-state index in [4.69, 9.17) is 4.74 Å². The van der Waals surface area contributed by atoms with Gasteiger partial charge in [-0.25, -0.2) is 0 Å². The largest absolute Gasteiger partial charge is 0.484 e. The molecule has 0 spiro atoms. The number of rotatable bonds is 7. The number of amides is 1. The van der Waals surface area contributed by atoms with E-state index in [9.17, 15) is 4.79 Å². The molecule has 0 saturated heterocycles. The van der Waals surface area contributed by atoms with Crippen LogP contribution in [0.4, 0.5) is 0 Å². The molecular formula is C20H25NO2. The quantitative estimate of drug-likeness (QED) is 0.820. The predicted molar refractivity (Wildman–Crippen MR) is 93.6 cm³/mol. The van der Waals surface area contributed by atoms with Crippen molar-refractivity contribution in [1.29, 1.82) is 0 Å². The molecule has 0 saturated carbocycles. The smallest absolute Gasteiger partial charge is 0.258 e. The van der Waals surface area contributed by atoms with Crippen LogP contribution in [0.1, 0.15) is 50.3 Å². The van der Waals surface area contributed by atoms with Crippen molar-refractivity contribution in [2.75, 3.05) is 6.61 Å². The van der Waals surface area contributed by atoms with E-state index in [1.54, 1.807) is 0 Å². The Morgan fingerprint density at radius 3 is 2.26 bits per heavy atom. The van der Waals surface area contributed by atoms with Gasteiger partial charge in [0.1, 0.15) is 5.75 Å². The second kappa shape index (κ2) is 8.37. The van der Waals surface area contributed by atoms with Crippen molar-refractivity contribution in [3.05, 3.63) is 65.7 Å². The minimum absolute atomic E-state index is 0.0276. The van der Waals surface area contributed by atoms with Gasteiger partial charge < -0.3 is 10.1 Å². The zero-order chi connectivity index (χ0) is 16.7. The molecule has 0 heterocycles. The van der Waals surface area contributed by atoms with Crippen molar-refractivity contribution in [3.63, 3.8) is 0 Å². The number of ether oxygens (including phenoxy) is 1. The molecule has 0 aromatic heterocycles. The third kappa shape index (κ3) is 5.13. The summed E-state index contributed by atoms with van der Waals surface area (Å²) in [4.78, 5) is 12.0. The van der Waals surface area contributed by atoms with Gasteiger partial charge >= 0.3 is 0 Å². The molecule has 3 nitrogen and oxygen atoms in total. The summed E-state index contributed by atoms with van der Waals surface area (Å²) in [6, 6.07) is 17.8. The lowest BCUT2D eigenvalue weighted by Gasteiger charge is -2.15. The Morgan fingerprint density at radius 1 is 1.00 bits per heavy atom. The highest BCUT2D eigenvalue weighted by molar-refractivity contribution is 5.78. The number of hydrogen-bond acceptors (Lipinski definition) is 2. The van der Waals surface area contributed by atoms with Gasteiger partial charge in [0.2, 0.25) is 0 Å². The van der Waals surface area contributed by atoms with Crippen LogP contribution in [0.5, 0.6) is 5.75 Å². The SMILES string of the molecule is CC[C@@H](C)c1ccc(OCC(=O)N[C@H](C)c2ccccc2)cc1. The van der Waals surface area contributed by atoms with Crippen molar-refractivity contribution < 1.29 is 9.53 Å². The van der Waals surface area contributed by atoms with Crippen LogP contribution >= 0.6 is 0 Å². The number of carbonyl (C=O) groups excluding carboxylic acids is 1. The predicted octanol–water partition coefficient (Wildman–Crippen LogP) is 4.46. The fourth-order valence-corrected chi connectivity index (χ4v) is 2.39. The highest BCUT2D eigenvalue weighted by Gasteiger charge is 2.10. The highest BCUT2D eigenvalue weighted by atomic mass is 16.5. The van der Waals surface area contributed by atoms with E-state index < -0.39 is 0 Å². The van der Waals surface area contributed by atoms with Crippen LogP contribution in [0.2, 0.25) is 0 Å². The van der Waals surface area contributed by atoms with E-state index in [0.29, 0.717) is 5.92 Å². The first-order valence-corrected chi connectivity index (χ1v) is 8.17. The Hall–Kier alpha value is -2.29. The molecule has 0 fully saturated rings. The number of nitrogens with one attached hydrogen (secondary N) is 1. The van der Waals surface area contributed by atoms with E-state index in [1.165, 1.54) is 5.56 Å². The second-order valence-corrected chi connectivity index (χ2v) is 5.87. The van der Waals surface area contributed by atoms with Crippen molar-refractivity contribution in [3.8, 4) is 5.75 Å². The molecule has 0 unspecified atom stereocenters. The minimum atomic E-state index is -0.118. The summed E-state index contributed by atoms with van der Waals surface area (Å²) in [6.07, 6.45) is 1.11. The lowest BCUT2D eigenvalue weighted by atomic mass is 9.99.